The molecule has 0 radical (unpaired) electrons. The van der Waals surface area contributed by atoms with Crippen LogP contribution in [0, 0.1) is 16.0 Å². The fourth-order valence-electron chi connectivity index (χ4n) is 2.06. The molecule has 2 rings (SSSR count). The van der Waals surface area contributed by atoms with Gasteiger partial charge >= 0.3 is 0 Å². The third-order valence-corrected chi connectivity index (χ3v) is 3.33. The van der Waals surface area contributed by atoms with Gasteiger partial charge in [-0.15, -0.1) is 5.10 Å². The second kappa shape index (κ2) is 6.19. The quantitative estimate of drug-likeness (QED) is 0.675. The smallest absolute Gasteiger partial charge is 0.290 e. The lowest BCUT2D eigenvalue weighted by atomic mass is 10.1. The Morgan fingerprint density at radius 3 is 2.76 bits per heavy atom. The van der Waals surface area contributed by atoms with Crippen molar-refractivity contribution < 1.29 is 4.92 Å². The van der Waals surface area contributed by atoms with Gasteiger partial charge in [-0.1, -0.05) is 30.7 Å². The Labute approximate surface area is 126 Å². The average Bonchev–Trinajstić information content (AvgIpc) is 2.81. The number of hydrogen-bond donors (Lipinski definition) is 1. The van der Waals surface area contributed by atoms with Crippen LogP contribution >= 0.6 is 11.6 Å². The highest BCUT2D eigenvalue weighted by Gasteiger charge is 2.18. The summed E-state index contributed by atoms with van der Waals surface area (Å²) in [5, 5.41) is 19.2. The van der Waals surface area contributed by atoms with E-state index in [0.717, 1.165) is 12.1 Å². The van der Waals surface area contributed by atoms with Crippen LogP contribution in [0.1, 0.15) is 25.2 Å². The first-order valence-electron chi connectivity index (χ1n) is 6.51. The van der Waals surface area contributed by atoms with Crippen molar-refractivity contribution in [2.24, 2.45) is 11.7 Å². The van der Waals surface area contributed by atoms with E-state index in [1.54, 1.807) is 10.7 Å². The van der Waals surface area contributed by atoms with E-state index in [1.807, 2.05) is 0 Å². The Kier molecular flexibility index (Phi) is 4.54. The predicted molar refractivity (Wildman–Crippen MR) is 79.5 cm³/mol. The van der Waals surface area contributed by atoms with Gasteiger partial charge in [-0.05, 0) is 24.5 Å². The Morgan fingerprint density at radius 2 is 2.19 bits per heavy atom. The van der Waals surface area contributed by atoms with Crippen molar-refractivity contribution in [3.63, 3.8) is 0 Å². The van der Waals surface area contributed by atoms with E-state index in [1.165, 1.54) is 12.1 Å². The molecule has 0 bridgehead atoms. The van der Waals surface area contributed by atoms with Crippen molar-refractivity contribution in [1.82, 2.24) is 15.0 Å². The van der Waals surface area contributed by atoms with E-state index >= 15 is 0 Å². The molecule has 1 heterocycles. The van der Waals surface area contributed by atoms with Crippen LogP contribution in [0.4, 0.5) is 5.69 Å². The molecule has 0 spiro atoms. The number of nitrogens with zero attached hydrogens (tertiary/aromatic N) is 4. The second-order valence-corrected chi connectivity index (χ2v) is 5.50. The molecule has 0 unspecified atom stereocenters. The SMILES string of the molecule is CC(C)Cc1c(CN)nnn1-c1ccc(Cl)c([N+](=O)[O-])c1. The molecule has 8 heteroatoms. The van der Waals surface area contributed by atoms with Crippen LogP contribution in [-0.2, 0) is 13.0 Å². The first kappa shape index (κ1) is 15.4. The van der Waals surface area contributed by atoms with E-state index in [9.17, 15) is 10.1 Å². The zero-order valence-corrected chi connectivity index (χ0v) is 12.5. The number of aromatic nitrogens is 3. The molecule has 0 saturated carbocycles. The molecule has 0 aliphatic carbocycles. The molecule has 0 amide bonds. The number of nitrogens with two attached hydrogens (primary N) is 1. The van der Waals surface area contributed by atoms with E-state index in [-0.39, 0.29) is 17.3 Å². The monoisotopic (exact) mass is 309 g/mol. The van der Waals surface area contributed by atoms with Gasteiger partial charge in [0.25, 0.3) is 5.69 Å². The Morgan fingerprint density at radius 1 is 1.48 bits per heavy atom. The summed E-state index contributed by atoms with van der Waals surface area (Å²) in [7, 11) is 0. The molecule has 0 fully saturated rings. The molecule has 1 aromatic carbocycles. The highest BCUT2D eigenvalue weighted by molar-refractivity contribution is 6.32. The van der Waals surface area contributed by atoms with Gasteiger partial charge in [0.2, 0.25) is 0 Å². The topological polar surface area (TPSA) is 99.9 Å². The van der Waals surface area contributed by atoms with Crippen molar-refractivity contribution >= 4 is 17.3 Å². The minimum Gasteiger partial charge on any atom is -0.325 e. The lowest BCUT2D eigenvalue weighted by Gasteiger charge is -2.10. The van der Waals surface area contributed by atoms with Crippen LogP contribution in [0.5, 0.6) is 0 Å². The summed E-state index contributed by atoms with van der Waals surface area (Å²) >= 11 is 5.83. The molecule has 2 N–H and O–H groups in total. The summed E-state index contributed by atoms with van der Waals surface area (Å²) < 4.78 is 1.59. The molecular weight excluding hydrogens is 294 g/mol. The van der Waals surface area contributed by atoms with Crippen LogP contribution < -0.4 is 5.73 Å². The highest BCUT2D eigenvalue weighted by Crippen LogP contribution is 2.27. The summed E-state index contributed by atoms with van der Waals surface area (Å²) in [6.07, 6.45) is 0.732. The van der Waals surface area contributed by atoms with Gasteiger partial charge in [0.15, 0.2) is 0 Å². The number of rotatable bonds is 5. The molecular formula is C13H16ClN5O2. The third-order valence-electron chi connectivity index (χ3n) is 3.01. The maximum atomic E-state index is 11.0. The van der Waals surface area contributed by atoms with Crippen LogP contribution in [-0.4, -0.2) is 19.9 Å². The minimum absolute atomic E-state index is 0.0910. The van der Waals surface area contributed by atoms with Crippen LogP contribution in [0.25, 0.3) is 5.69 Å². The number of hydrogen-bond acceptors (Lipinski definition) is 5. The standard InChI is InChI=1S/C13H16ClN5O2/c1-8(2)5-13-11(7-15)16-17-18(13)9-3-4-10(14)12(6-9)19(20)21/h3-4,6,8H,5,7,15H2,1-2H3. The van der Waals surface area contributed by atoms with Crippen LogP contribution in [0.15, 0.2) is 18.2 Å². The summed E-state index contributed by atoms with van der Waals surface area (Å²) in [4.78, 5) is 10.5. The van der Waals surface area contributed by atoms with Crippen LogP contribution in [0.3, 0.4) is 0 Å². The Hall–Kier alpha value is -1.99. The van der Waals surface area contributed by atoms with Gasteiger partial charge in [0.1, 0.15) is 5.02 Å². The Bertz CT molecular complexity index is 669. The summed E-state index contributed by atoms with van der Waals surface area (Å²) in [5.41, 5.74) is 7.63. The highest BCUT2D eigenvalue weighted by atomic mass is 35.5. The third kappa shape index (κ3) is 3.20. The average molecular weight is 310 g/mol. The van der Waals surface area contributed by atoms with Crippen molar-refractivity contribution in [2.75, 3.05) is 0 Å². The number of nitro groups is 1. The predicted octanol–water partition coefficient (Wildman–Crippen LogP) is 2.49. The van der Waals surface area contributed by atoms with E-state index < -0.39 is 4.92 Å². The lowest BCUT2D eigenvalue weighted by Crippen LogP contribution is -2.09. The number of halogens is 1. The molecule has 0 atom stereocenters. The van der Waals surface area contributed by atoms with Gasteiger partial charge in [-0.3, -0.25) is 10.1 Å². The lowest BCUT2D eigenvalue weighted by molar-refractivity contribution is -0.384. The largest absolute Gasteiger partial charge is 0.325 e. The fraction of sp³-hybridized carbons (Fsp3) is 0.385. The summed E-state index contributed by atoms with van der Waals surface area (Å²) in [6, 6.07) is 4.55. The molecule has 0 aliphatic heterocycles. The first-order chi connectivity index (χ1) is 9.93. The molecule has 7 nitrogen and oxygen atoms in total. The molecule has 2 aromatic rings. The maximum Gasteiger partial charge on any atom is 0.290 e. The molecule has 21 heavy (non-hydrogen) atoms. The van der Waals surface area contributed by atoms with Gasteiger partial charge < -0.3 is 5.73 Å². The molecule has 0 saturated heterocycles. The minimum atomic E-state index is -0.519. The first-order valence-corrected chi connectivity index (χ1v) is 6.89. The summed E-state index contributed by atoms with van der Waals surface area (Å²) in [6.45, 7) is 4.42. The van der Waals surface area contributed by atoms with E-state index in [4.69, 9.17) is 17.3 Å². The number of nitro benzene ring substituents is 1. The van der Waals surface area contributed by atoms with E-state index in [2.05, 4.69) is 24.2 Å². The second-order valence-electron chi connectivity index (χ2n) is 5.09. The van der Waals surface area contributed by atoms with Crippen molar-refractivity contribution in [3.8, 4) is 5.69 Å². The summed E-state index contributed by atoms with van der Waals surface area (Å²) in [5.74, 6) is 0.384. The van der Waals surface area contributed by atoms with Crippen molar-refractivity contribution in [1.29, 1.82) is 0 Å². The normalized spacial score (nSPS) is 11.1. The Balaban J connectivity index is 2.54. The zero-order valence-electron chi connectivity index (χ0n) is 11.8. The van der Waals surface area contributed by atoms with Gasteiger partial charge in [0.05, 0.1) is 22.0 Å². The van der Waals surface area contributed by atoms with Gasteiger partial charge in [-0.2, -0.15) is 0 Å². The molecule has 0 aliphatic rings. The maximum absolute atomic E-state index is 11.0. The molecule has 1 aromatic heterocycles. The van der Waals surface area contributed by atoms with Gasteiger partial charge in [-0.25, -0.2) is 4.68 Å². The van der Waals surface area contributed by atoms with Gasteiger partial charge in [0, 0.05) is 12.6 Å². The zero-order chi connectivity index (χ0) is 15.6. The van der Waals surface area contributed by atoms with E-state index in [0.29, 0.717) is 17.3 Å². The molecule has 112 valence electrons. The van der Waals surface area contributed by atoms with Crippen molar-refractivity contribution in [3.05, 3.63) is 44.7 Å². The fourth-order valence-corrected chi connectivity index (χ4v) is 2.25. The number of benzene rings is 1. The van der Waals surface area contributed by atoms with Crippen molar-refractivity contribution in [2.45, 2.75) is 26.8 Å². The van der Waals surface area contributed by atoms with Crippen LogP contribution in [0.2, 0.25) is 5.02 Å².